The van der Waals surface area contributed by atoms with E-state index in [2.05, 4.69) is 44.7 Å². The molecular weight excluding hydrogens is 351 g/mol. The normalized spacial score (nSPS) is 17.9. The lowest BCUT2D eigenvalue weighted by Crippen LogP contribution is -2.46. The van der Waals surface area contributed by atoms with Crippen LogP contribution in [0.5, 0.6) is 0 Å². The fourth-order valence-electron chi connectivity index (χ4n) is 4.05. The Bertz CT molecular complexity index is 892. The number of pyridine rings is 1. The van der Waals surface area contributed by atoms with E-state index in [1.54, 1.807) is 12.1 Å². The summed E-state index contributed by atoms with van der Waals surface area (Å²) < 4.78 is 16.2. The molecule has 1 aliphatic rings. The minimum absolute atomic E-state index is 0.105. The Labute approximate surface area is 166 Å². The van der Waals surface area contributed by atoms with Crippen molar-refractivity contribution in [3.05, 3.63) is 84.1 Å². The molecule has 4 nitrogen and oxygen atoms in total. The lowest BCUT2D eigenvalue weighted by atomic mass is 10.0. The molecule has 146 valence electrons. The Morgan fingerprint density at radius 2 is 1.96 bits per heavy atom. The van der Waals surface area contributed by atoms with Gasteiger partial charge >= 0.3 is 0 Å². The van der Waals surface area contributed by atoms with Gasteiger partial charge in [-0.05, 0) is 56.8 Å². The second kappa shape index (κ2) is 8.67. The first-order valence-electron chi connectivity index (χ1n) is 9.94. The van der Waals surface area contributed by atoms with Gasteiger partial charge in [-0.3, -0.25) is 9.80 Å². The molecule has 1 atom stereocenters. The Hall–Kier alpha value is -2.50. The summed E-state index contributed by atoms with van der Waals surface area (Å²) in [6, 6.07) is 17.8. The third-order valence-corrected chi connectivity index (χ3v) is 5.60. The fraction of sp³-hybridized carbons (Fsp3) is 0.348. The van der Waals surface area contributed by atoms with Crippen molar-refractivity contribution in [1.82, 2.24) is 19.4 Å². The molecule has 0 radical (unpaired) electrons. The Morgan fingerprint density at radius 1 is 1.11 bits per heavy atom. The molecule has 1 fully saturated rings. The lowest BCUT2D eigenvalue weighted by molar-refractivity contribution is 0.105. The monoisotopic (exact) mass is 378 g/mol. The molecule has 0 spiro atoms. The van der Waals surface area contributed by atoms with Crippen LogP contribution in [0.25, 0.3) is 5.82 Å². The zero-order chi connectivity index (χ0) is 19.3. The predicted octanol–water partition coefficient (Wildman–Crippen LogP) is 4.11. The maximum absolute atomic E-state index is 14.0. The number of aromatic nitrogens is 2. The van der Waals surface area contributed by atoms with Crippen molar-refractivity contribution in [1.29, 1.82) is 0 Å². The molecule has 1 aromatic carbocycles. The Balaban J connectivity index is 1.41. The smallest absolute Gasteiger partial charge is 0.136 e. The highest BCUT2D eigenvalue weighted by atomic mass is 19.1. The van der Waals surface area contributed by atoms with Crippen LogP contribution in [0.2, 0.25) is 0 Å². The van der Waals surface area contributed by atoms with Crippen molar-refractivity contribution in [2.24, 2.45) is 0 Å². The minimum atomic E-state index is -0.105. The zero-order valence-electron chi connectivity index (χ0n) is 16.3. The van der Waals surface area contributed by atoms with Crippen LogP contribution in [0.3, 0.4) is 0 Å². The number of rotatable bonds is 6. The summed E-state index contributed by atoms with van der Waals surface area (Å²) in [6.07, 6.45) is 6.21. The number of halogens is 1. The van der Waals surface area contributed by atoms with Gasteiger partial charge in [-0.1, -0.05) is 24.3 Å². The number of hydrogen-bond donors (Lipinski definition) is 0. The van der Waals surface area contributed by atoms with Crippen molar-refractivity contribution in [3.8, 4) is 5.82 Å². The van der Waals surface area contributed by atoms with E-state index in [1.165, 1.54) is 12.1 Å². The number of piperidine rings is 1. The van der Waals surface area contributed by atoms with E-state index >= 15 is 0 Å². The number of likely N-dealkylation sites (N-methyl/N-ethyl adjacent to an activating group) is 1. The molecule has 0 saturated carbocycles. The molecule has 5 heteroatoms. The summed E-state index contributed by atoms with van der Waals surface area (Å²) >= 11 is 0. The van der Waals surface area contributed by atoms with Crippen LogP contribution in [0.1, 0.15) is 24.1 Å². The molecular formula is C23H27FN4. The molecule has 28 heavy (non-hydrogen) atoms. The summed E-state index contributed by atoms with van der Waals surface area (Å²) in [5.74, 6) is 0.840. The molecule has 1 unspecified atom stereocenters. The van der Waals surface area contributed by atoms with Crippen molar-refractivity contribution >= 4 is 0 Å². The van der Waals surface area contributed by atoms with E-state index in [9.17, 15) is 4.39 Å². The van der Waals surface area contributed by atoms with Gasteiger partial charge < -0.3 is 4.57 Å². The molecule has 4 rings (SSSR count). The van der Waals surface area contributed by atoms with Crippen LogP contribution in [-0.2, 0) is 13.1 Å². The SMILES string of the molecule is CN(Cc1cccn1-c1ccccn1)C1CCCN(Cc2ccccc2F)C1. The first-order chi connectivity index (χ1) is 13.7. The second-order valence-electron chi connectivity index (χ2n) is 7.60. The van der Waals surface area contributed by atoms with Gasteiger partial charge in [-0.25, -0.2) is 9.37 Å². The number of benzene rings is 1. The van der Waals surface area contributed by atoms with Crippen LogP contribution in [0.4, 0.5) is 4.39 Å². The fourth-order valence-corrected chi connectivity index (χ4v) is 4.05. The largest absolute Gasteiger partial charge is 0.304 e. The molecule has 3 heterocycles. The lowest BCUT2D eigenvalue weighted by Gasteiger charge is -2.37. The van der Waals surface area contributed by atoms with Crippen LogP contribution in [0.15, 0.2) is 67.0 Å². The summed E-state index contributed by atoms with van der Waals surface area (Å²) in [6.45, 7) is 3.54. The van der Waals surface area contributed by atoms with E-state index in [0.717, 1.165) is 37.4 Å². The van der Waals surface area contributed by atoms with Gasteiger partial charge in [0.05, 0.1) is 0 Å². The van der Waals surface area contributed by atoms with E-state index in [-0.39, 0.29) is 5.82 Å². The molecule has 1 aliphatic heterocycles. The standard InChI is InChI=1S/C23H27FN4/c1-26(17-21-10-7-15-28(21)23-12-4-5-13-25-23)20-9-6-14-27(18-20)16-19-8-2-3-11-22(19)24/h2-5,7-8,10-13,15,20H,6,9,14,16-18H2,1H3. The highest BCUT2D eigenvalue weighted by molar-refractivity contribution is 5.27. The van der Waals surface area contributed by atoms with Crippen molar-refractivity contribution < 1.29 is 4.39 Å². The van der Waals surface area contributed by atoms with Crippen molar-refractivity contribution in [2.45, 2.75) is 32.0 Å². The molecule has 0 N–H and O–H groups in total. The highest BCUT2D eigenvalue weighted by Gasteiger charge is 2.24. The number of nitrogens with zero attached hydrogens (tertiary/aromatic N) is 4. The predicted molar refractivity (Wildman–Crippen MR) is 110 cm³/mol. The summed E-state index contributed by atoms with van der Waals surface area (Å²) in [5, 5.41) is 0. The zero-order valence-corrected chi connectivity index (χ0v) is 16.3. The van der Waals surface area contributed by atoms with E-state index in [4.69, 9.17) is 0 Å². The van der Waals surface area contributed by atoms with Gasteiger partial charge in [0.2, 0.25) is 0 Å². The third-order valence-electron chi connectivity index (χ3n) is 5.60. The number of likely N-dealkylation sites (tertiary alicyclic amines) is 1. The molecule has 3 aromatic rings. The molecule has 2 aromatic heterocycles. The molecule has 0 aliphatic carbocycles. The second-order valence-corrected chi connectivity index (χ2v) is 7.60. The van der Waals surface area contributed by atoms with Gasteiger partial charge in [0.15, 0.2) is 0 Å². The van der Waals surface area contributed by atoms with Crippen molar-refractivity contribution in [2.75, 3.05) is 20.1 Å². The Morgan fingerprint density at radius 3 is 2.79 bits per heavy atom. The average molecular weight is 378 g/mol. The minimum Gasteiger partial charge on any atom is -0.304 e. The van der Waals surface area contributed by atoms with Gasteiger partial charge in [0, 0.05) is 49.3 Å². The van der Waals surface area contributed by atoms with E-state index < -0.39 is 0 Å². The first-order valence-corrected chi connectivity index (χ1v) is 9.94. The topological polar surface area (TPSA) is 24.3 Å². The number of hydrogen-bond acceptors (Lipinski definition) is 3. The van der Waals surface area contributed by atoms with Crippen LogP contribution in [0, 0.1) is 5.82 Å². The van der Waals surface area contributed by atoms with Crippen LogP contribution in [-0.4, -0.2) is 45.5 Å². The Kier molecular flexibility index (Phi) is 5.84. The van der Waals surface area contributed by atoms with Gasteiger partial charge in [-0.2, -0.15) is 0 Å². The maximum atomic E-state index is 14.0. The van der Waals surface area contributed by atoms with Crippen LogP contribution < -0.4 is 0 Å². The quantitative estimate of drug-likeness (QED) is 0.645. The average Bonchev–Trinajstić information content (AvgIpc) is 3.19. The summed E-state index contributed by atoms with van der Waals surface area (Å²) in [7, 11) is 2.19. The van der Waals surface area contributed by atoms with Gasteiger partial charge in [0.1, 0.15) is 11.6 Å². The summed E-state index contributed by atoms with van der Waals surface area (Å²) in [4.78, 5) is 9.26. The van der Waals surface area contributed by atoms with E-state index in [0.29, 0.717) is 12.6 Å². The van der Waals surface area contributed by atoms with Gasteiger partial charge in [-0.15, -0.1) is 0 Å². The third kappa shape index (κ3) is 4.32. The van der Waals surface area contributed by atoms with Gasteiger partial charge in [0.25, 0.3) is 0 Å². The van der Waals surface area contributed by atoms with E-state index in [1.807, 2.05) is 36.5 Å². The first kappa shape index (κ1) is 18.8. The highest BCUT2D eigenvalue weighted by Crippen LogP contribution is 2.21. The van der Waals surface area contributed by atoms with Crippen LogP contribution >= 0.6 is 0 Å². The van der Waals surface area contributed by atoms with Crippen molar-refractivity contribution in [3.63, 3.8) is 0 Å². The molecule has 1 saturated heterocycles. The maximum Gasteiger partial charge on any atom is 0.136 e. The molecule has 0 amide bonds. The molecule has 0 bridgehead atoms. The summed E-state index contributed by atoms with van der Waals surface area (Å²) in [5.41, 5.74) is 2.02.